The van der Waals surface area contributed by atoms with Gasteiger partial charge in [-0.3, -0.25) is 9.78 Å². The molecule has 1 unspecified atom stereocenters. The molecule has 21 heavy (non-hydrogen) atoms. The fourth-order valence-corrected chi connectivity index (χ4v) is 2.23. The number of aromatic nitrogens is 1. The number of carbonyl (C=O) groups is 1. The second-order valence-corrected chi connectivity index (χ2v) is 4.98. The Balaban J connectivity index is 2.31. The van der Waals surface area contributed by atoms with Crippen LogP contribution in [0.15, 0.2) is 42.6 Å². The smallest absolute Gasteiger partial charge is 0.313 e. The van der Waals surface area contributed by atoms with E-state index in [0.717, 1.165) is 5.56 Å². The largest absolute Gasteiger partial charge is 0.492 e. The van der Waals surface area contributed by atoms with Gasteiger partial charge < -0.3 is 9.84 Å². The number of hydrogen-bond acceptors (Lipinski definition) is 3. The van der Waals surface area contributed by atoms with Crippen molar-refractivity contribution in [3.05, 3.63) is 58.9 Å². The summed E-state index contributed by atoms with van der Waals surface area (Å²) >= 11 is 5.85. The molecule has 1 heterocycles. The van der Waals surface area contributed by atoms with E-state index in [1.165, 1.54) is 0 Å². The summed E-state index contributed by atoms with van der Waals surface area (Å²) in [6.07, 6.45) is 1.92. The highest BCUT2D eigenvalue weighted by molar-refractivity contribution is 6.30. The molecule has 4 nitrogen and oxygen atoms in total. The molecule has 0 radical (unpaired) electrons. The average Bonchev–Trinajstić information content (AvgIpc) is 2.47. The molecule has 0 fully saturated rings. The molecule has 0 aliphatic rings. The molecule has 1 atom stereocenters. The van der Waals surface area contributed by atoms with Crippen LogP contribution in [0.1, 0.15) is 24.1 Å². The number of pyridine rings is 1. The lowest BCUT2D eigenvalue weighted by atomic mass is 9.95. The first kappa shape index (κ1) is 15.3. The molecule has 0 saturated carbocycles. The molecule has 0 bridgehead atoms. The molecule has 2 aromatic rings. The highest BCUT2D eigenvalue weighted by atomic mass is 35.5. The SMILES string of the molecule is CCOc1cccnc1C(Cc1ccc(Cl)cc1)C(=O)O. The maximum atomic E-state index is 11.6. The van der Waals surface area contributed by atoms with Crippen molar-refractivity contribution in [3.8, 4) is 5.75 Å². The minimum atomic E-state index is -0.926. The Morgan fingerprint density at radius 3 is 2.67 bits per heavy atom. The zero-order chi connectivity index (χ0) is 15.2. The molecule has 0 amide bonds. The summed E-state index contributed by atoms with van der Waals surface area (Å²) in [5.41, 5.74) is 1.33. The van der Waals surface area contributed by atoms with E-state index in [9.17, 15) is 9.90 Å². The van der Waals surface area contributed by atoms with E-state index >= 15 is 0 Å². The molecule has 5 heteroatoms. The fourth-order valence-electron chi connectivity index (χ4n) is 2.10. The van der Waals surface area contributed by atoms with Crippen molar-refractivity contribution in [3.63, 3.8) is 0 Å². The van der Waals surface area contributed by atoms with Crippen molar-refractivity contribution in [2.45, 2.75) is 19.3 Å². The predicted octanol–water partition coefficient (Wildman–Crippen LogP) is 3.54. The van der Waals surface area contributed by atoms with Crippen molar-refractivity contribution >= 4 is 17.6 Å². The molecular formula is C16H16ClNO3. The van der Waals surface area contributed by atoms with Crippen LogP contribution in [0.4, 0.5) is 0 Å². The summed E-state index contributed by atoms with van der Waals surface area (Å²) in [5.74, 6) is -1.17. The van der Waals surface area contributed by atoms with E-state index < -0.39 is 11.9 Å². The van der Waals surface area contributed by atoms with Gasteiger partial charge in [-0.15, -0.1) is 0 Å². The van der Waals surface area contributed by atoms with Crippen molar-refractivity contribution in [1.82, 2.24) is 4.98 Å². The van der Waals surface area contributed by atoms with Crippen LogP contribution in [0, 0.1) is 0 Å². The summed E-state index contributed by atoms with van der Waals surface area (Å²) in [6.45, 7) is 2.32. The van der Waals surface area contributed by atoms with E-state index in [-0.39, 0.29) is 0 Å². The molecule has 0 saturated heterocycles. The third-order valence-corrected chi connectivity index (χ3v) is 3.33. The molecule has 1 aromatic heterocycles. The number of halogens is 1. The minimum Gasteiger partial charge on any atom is -0.492 e. The normalized spacial score (nSPS) is 11.9. The van der Waals surface area contributed by atoms with Gasteiger partial charge >= 0.3 is 5.97 Å². The van der Waals surface area contributed by atoms with Gasteiger partial charge in [0.1, 0.15) is 11.7 Å². The van der Waals surface area contributed by atoms with Crippen molar-refractivity contribution in [2.24, 2.45) is 0 Å². The van der Waals surface area contributed by atoms with Crippen LogP contribution in [-0.4, -0.2) is 22.7 Å². The van der Waals surface area contributed by atoms with Crippen LogP contribution >= 0.6 is 11.6 Å². The number of aliphatic carboxylic acids is 1. The first-order valence-electron chi connectivity index (χ1n) is 6.66. The molecular weight excluding hydrogens is 290 g/mol. The van der Waals surface area contributed by atoms with Crippen molar-refractivity contribution in [2.75, 3.05) is 6.61 Å². The van der Waals surface area contributed by atoms with E-state index in [4.69, 9.17) is 16.3 Å². The number of carboxylic acids is 1. The highest BCUT2D eigenvalue weighted by Gasteiger charge is 2.25. The zero-order valence-electron chi connectivity index (χ0n) is 11.6. The van der Waals surface area contributed by atoms with Gasteiger partial charge in [-0.05, 0) is 43.2 Å². The Labute approximate surface area is 128 Å². The zero-order valence-corrected chi connectivity index (χ0v) is 12.4. The molecule has 2 rings (SSSR count). The van der Waals surface area contributed by atoms with Gasteiger partial charge in [-0.1, -0.05) is 23.7 Å². The van der Waals surface area contributed by atoms with Gasteiger partial charge in [-0.25, -0.2) is 0 Å². The maximum Gasteiger partial charge on any atom is 0.313 e. The monoisotopic (exact) mass is 305 g/mol. The Morgan fingerprint density at radius 2 is 2.05 bits per heavy atom. The van der Waals surface area contributed by atoms with Gasteiger partial charge in [0.2, 0.25) is 0 Å². The predicted molar refractivity (Wildman–Crippen MR) is 80.9 cm³/mol. The Bertz CT molecular complexity index is 613. The summed E-state index contributed by atoms with van der Waals surface area (Å²) < 4.78 is 5.48. The Kier molecular flexibility index (Phi) is 5.17. The van der Waals surface area contributed by atoms with Gasteiger partial charge in [0.05, 0.1) is 12.3 Å². The van der Waals surface area contributed by atoms with Crippen molar-refractivity contribution < 1.29 is 14.6 Å². The summed E-state index contributed by atoms with van der Waals surface area (Å²) in [5, 5.41) is 10.1. The first-order chi connectivity index (χ1) is 10.1. The number of carboxylic acid groups (broad SMARTS) is 1. The topological polar surface area (TPSA) is 59.4 Å². The van der Waals surface area contributed by atoms with Crippen LogP contribution in [0.25, 0.3) is 0 Å². The van der Waals surface area contributed by atoms with Gasteiger partial charge in [0.25, 0.3) is 0 Å². The molecule has 1 aromatic carbocycles. The van der Waals surface area contributed by atoms with Crippen LogP contribution in [-0.2, 0) is 11.2 Å². The third kappa shape index (κ3) is 3.95. The standard InChI is InChI=1S/C16H16ClNO3/c1-2-21-14-4-3-9-18-15(14)13(16(19)20)10-11-5-7-12(17)8-6-11/h3-9,13H,2,10H2,1H3,(H,19,20). The van der Waals surface area contributed by atoms with Crippen molar-refractivity contribution in [1.29, 1.82) is 0 Å². The molecule has 0 spiro atoms. The van der Waals surface area contributed by atoms with E-state index in [0.29, 0.717) is 29.5 Å². The van der Waals surface area contributed by atoms with Gasteiger partial charge in [0.15, 0.2) is 0 Å². The molecule has 110 valence electrons. The molecule has 0 aliphatic carbocycles. The number of ether oxygens (including phenoxy) is 1. The fraction of sp³-hybridized carbons (Fsp3) is 0.250. The van der Waals surface area contributed by atoms with E-state index in [1.54, 1.807) is 30.5 Å². The third-order valence-electron chi connectivity index (χ3n) is 3.08. The second kappa shape index (κ2) is 7.09. The highest BCUT2D eigenvalue weighted by Crippen LogP contribution is 2.28. The van der Waals surface area contributed by atoms with Gasteiger partial charge in [0, 0.05) is 11.2 Å². The number of nitrogens with zero attached hydrogens (tertiary/aromatic N) is 1. The van der Waals surface area contributed by atoms with Crippen LogP contribution < -0.4 is 4.74 Å². The summed E-state index contributed by atoms with van der Waals surface area (Å²) in [7, 11) is 0. The minimum absolute atomic E-state index is 0.337. The van der Waals surface area contributed by atoms with Gasteiger partial charge in [-0.2, -0.15) is 0 Å². The van der Waals surface area contributed by atoms with Crippen LogP contribution in [0.2, 0.25) is 5.02 Å². The van der Waals surface area contributed by atoms with E-state index in [2.05, 4.69) is 4.98 Å². The average molecular weight is 306 g/mol. The summed E-state index contributed by atoms with van der Waals surface area (Å²) in [4.78, 5) is 15.8. The molecule has 1 N–H and O–H groups in total. The lowest BCUT2D eigenvalue weighted by Gasteiger charge is -2.15. The number of hydrogen-bond donors (Lipinski definition) is 1. The van der Waals surface area contributed by atoms with Crippen LogP contribution in [0.3, 0.4) is 0 Å². The van der Waals surface area contributed by atoms with Crippen LogP contribution in [0.5, 0.6) is 5.75 Å². The Morgan fingerprint density at radius 1 is 1.33 bits per heavy atom. The Hall–Kier alpha value is -2.07. The number of benzene rings is 1. The summed E-state index contributed by atoms with van der Waals surface area (Å²) in [6, 6.07) is 10.6. The van der Waals surface area contributed by atoms with E-state index in [1.807, 2.05) is 19.1 Å². The second-order valence-electron chi connectivity index (χ2n) is 4.54. The maximum absolute atomic E-state index is 11.6. The quantitative estimate of drug-likeness (QED) is 0.886. The lowest BCUT2D eigenvalue weighted by molar-refractivity contribution is -0.138. The first-order valence-corrected chi connectivity index (χ1v) is 7.04. The lowest BCUT2D eigenvalue weighted by Crippen LogP contribution is -2.17. The number of rotatable bonds is 6. The molecule has 0 aliphatic heterocycles.